The van der Waals surface area contributed by atoms with Gasteiger partial charge in [-0.3, -0.25) is 9.69 Å². The summed E-state index contributed by atoms with van der Waals surface area (Å²) in [7, 11) is 0. The Morgan fingerprint density at radius 2 is 2.04 bits per heavy atom. The highest BCUT2D eigenvalue weighted by Gasteiger charge is 2.25. The number of hydrogen-bond donors (Lipinski definition) is 1. The van der Waals surface area contributed by atoms with E-state index in [1.807, 2.05) is 24.3 Å². The zero-order chi connectivity index (χ0) is 17.1. The van der Waals surface area contributed by atoms with Crippen molar-refractivity contribution in [2.45, 2.75) is 45.4 Å². The fraction of sp³-hybridized carbons (Fsp3) is 0.556. The summed E-state index contributed by atoms with van der Waals surface area (Å²) in [5.74, 6) is -0.0322. The molecule has 0 bridgehead atoms. The standard InChI is InChI=1S/C18H25N3O3/c1-12(21-10-13(2)23-14(3)11-21)9-19-18(22)8-16-15-6-4-5-7-17(15)24-20-16/h4-7,12-14H,8-11H2,1-3H3,(H,19,22). The Hall–Kier alpha value is -1.92. The van der Waals surface area contributed by atoms with E-state index in [0.717, 1.165) is 18.5 Å². The first-order valence-corrected chi connectivity index (χ1v) is 8.52. The third kappa shape index (κ3) is 3.94. The molecule has 1 aromatic carbocycles. The number of para-hydroxylation sites is 1. The summed E-state index contributed by atoms with van der Waals surface area (Å²) in [6.07, 6.45) is 0.696. The van der Waals surface area contributed by atoms with E-state index >= 15 is 0 Å². The summed E-state index contributed by atoms with van der Waals surface area (Å²) in [5, 5.41) is 7.92. The van der Waals surface area contributed by atoms with Crippen LogP contribution >= 0.6 is 0 Å². The number of hydrogen-bond acceptors (Lipinski definition) is 5. The zero-order valence-corrected chi connectivity index (χ0v) is 14.5. The maximum atomic E-state index is 12.2. The molecule has 0 radical (unpaired) electrons. The Morgan fingerprint density at radius 1 is 1.33 bits per heavy atom. The van der Waals surface area contributed by atoms with Gasteiger partial charge in [-0.2, -0.15) is 0 Å². The molecule has 0 aliphatic carbocycles. The van der Waals surface area contributed by atoms with Crippen molar-refractivity contribution in [2.24, 2.45) is 0 Å². The van der Waals surface area contributed by atoms with E-state index in [1.54, 1.807) is 0 Å². The maximum Gasteiger partial charge on any atom is 0.226 e. The molecule has 6 nitrogen and oxygen atoms in total. The van der Waals surface area contributed by atoms with Gasteiger partial charge in [0.25, 0.3) is 0 Å². The Morgan fingerprint density at radius 3 is 2.79 bits per heavy atom. The van der Waals surface area contributed by atoms with Crippen LogP contribution in [0.2, 0.25) is 0 Å². The van der Waals surface area contributed by atoms with Crippen molar-refractivity contribution in [2.75, 3.05) is 19.6 Å². The highest BCUT2D eigenvalue weighted by molar-refractivity contribution is 5.86. The van der Waals surface area contributed by atoms with Gasteiger partial charge in [-0.25, -0.2) is 0 Å². The number of fused-ring (bicyclic) bond motifs is 1. The molecule has 1 saturated heterocycles. The van der Waals surface area contributed by atoms with Crippen molar-refractivity contribution in [3.05, 3.63) is 30.0 Å². The lowest BCUT2D eigenvalue weighted by Gasteiger charge is -2.39. The van der Waals surface area contributed by atoms with E-state index in [-0.39, 0.29) is 30.6 Å². The van der Waals surface area contributed by atoms with E-state index in [9.17, 15) is 4.79 Å². The van der Waals surface area contributed by atoms with Gasteiger partial charge in [0.2, 0.25) is 5.91 Å². The fourth-order valence-electron chi connectivity index (χ4n) is 3.25. The molecule has 1 aliphatic rings. The largest absolute Gasteiger partial charge is 0.373 e. The number of carbonyl (C=O) groups is 1. The summed E-state index contributed by atoms with van der Waals surface area (Å²) in [4.78, 5) is 14.6. The maximum absolute atomic E-state index is 12.2. The smallest absolute Gasteiger partial charge is 0.226 e. The van der Waals surface area contributed by atoms with Crippen LogP contribution in [0.4, 0.5) is 0 Å². The molecule has 3 unspecified atom stereocenters. The van der Waals surface area contributed by atoms with Gasteiger partial charge in [0, 0.05) is 31.1 Å². The van der Waals surface area contributed by atoms with E-state index in [1.165, 1.54) is 0 Å². The summed E-state index contributed by atoms with van der Waals surface area (Å²) < 4.78 is 11.0. The van der Waals surface area contributed by atoms with Gasteiger partial charge in [0.15, 0.2) is 5.58 Å². The van der Waals surface area contributed by atoms with Crippen LogP contribution in [-0.4, -0.2) is 53.8 Å². The molecule has 1 N–H and O–H groups in total. The summed E-state index contributed by atoms with van der Waals surface area (Å²) in [5.41, 5.74) is 1.40. The van der Waals surface area contributed by atoms with Crippen LogP contribution in [0.5, 0.6) is 0 Å². The van der Waals surface area contributed by atoms with Crippen molar-refractivity contribution >= 4 is 16.9 Å². The van der Waals surface area contributed by atoms with Crippen molar-refractivity contribution in [1.29, 1.82) is 0 Å². The van der Waals surface area contributed by atoms with Crippen LogP contribution in [0, 0.1) is 0 Å². The van der Waals surface area contributed by atoms with Crippen molar-refractivity contribution < 1.29 is 14.1 Å². The molecule has 1 amide bonds. The average Bonchev–Trinajstić information content (AvgIpc) is 2.95. The molecule has 1 aliphatic heterocycles. The van der Waals surface area contributed by atoms with Crippen LogP contribution in [0.25, 0.3) is 11.0 Å². The molecule has 3 rings (SSSR count). The number of rotatable bonds is 5. The molecule has 3 atom stereocenters. The topological polar surface area (TPSA) is 67.6 Å². The first-order chi connectivity index (χ1) is 11.5. The molecular formula is C18H25N3O3. The minimum Gasteiger partial charge on any atom is -0.373 e. The normalized spacial score (nSPS) is 23.3. The number of benzene rings is 1. The van der Waals surface area contributed by atoms with E-state index in [0.29, 0.717) is 17.8 Å². The Balaban J connectivity index is 1.52. The molecule has 1 aromatic heterocycles. The third-order valence-corrected chi connectivity index (χ3v) is 4.45. The molecule has 2 aromatic rings. The number of morpholine rings is 1. The first kappa shape index (κ1) is 16.9. The van der Waals surface area contributed by atoms with Gasteiger partial charge in [-0.1, -0.05) is 17.3 Å². The van der Waals surface area contributed by atoms with Crippen molar-refractivity contribution in [3.63, 3.8) is 0 Å². The molecule has 0 spiro atoms. The van der Waals surface area contributed by atoms with Crippen LogP contribution in [-0.2, 0) is 16.0 Å². The van der Waals surface area contributed by atoms with Crippen LogP contribution in [0.3, 0.4) is 0 Å². The van der Waals surface area contributed by atoms with Crippen LogP contribution < -0.4 is 5.32 Å². The monoisotopic (exact) mass is 331 g/mol. The Labute approximate surface area is 142 Å². The first-order valence-electron chi connectivity index (χ1n) is 8.52. The molecule has 6 heteroatoms. The van der Waals surface area contributed by atoms with Gasteiger partial charge in [0.1, 0.15) is 5.69 Å². The second kappa shape index (κ2) is 7.32. The van der Waals surface area contributed by atoms with Crippen molar-refractivity contribution in [3.8, 4) is 0 Å². The SMILES string of the molecule is CC1CN(C(C)CNC(=O)Cc2noc3ccccc23)CC(C)O1. The van der Waals surface area contributed by atoms with Gasteiger partial charge in [-0.05, 0) is 32.9 Å². The van der Waals surface area contributed by atoms with E-state index in [4.69, 9.17) is 9.26 Å². The number of nitrogens with zero attached hydrogens (tertiary/aromatic N) is 2. The molecule has 2 heterocycles. The number of ether oxygens (including phenoxy) is 1. The fourth-order valence-corrected chi connectivity index (χ4v) is 3.25. The summed E-state index contributed by atoms with van der Waals surface area (Å²) in [6, 6.07) is 7.87. The van der Waals surface area contributed by atoms with Gasteiger partial charge < -0.3 is 14.6 Å². The zero-order valence-electron chi connectivity index (χ0n) is 14.5. The molecule has 24 heavy (non-hydrogen) atoms. The minimum atomic E-state index is -0.0322. The quantitative estimate of drug-likeness (QED) is 0.907. The lowest BCUT2D eigenvalue weighted by molar-refractivity contribution is -0.121. The minimum absolute atomic E-state index is 0.0322. The predicted molar refractivity (Wildman–Crippen MR) is 91.8 cm³/mol. The number of nitrogens with one attached hydrogen (secondary N) is 1. The Bertz CT molecular complexity index is 690. The lowest BCUT2D eigenvalue weighted by atomic mass is 10.1. The second-order valence-corrected chi connectivity index (χ2v) is 6.67. The number of aromatic nitrogens is 1. The molecular weight excluding hydrogens is 306 g/mol. The molecule has 1 fully saturated rings. The van der Waals surface area contributed by atoms with Gasteiger partial charge >= 0.3 is 0 Å². The molecule has 130 valence electrons. The van der Waals surface area contributed by atoms with Crippen LogP contribution in [0.15, 0.2) is 28.8 Å². The van der Waals surface area contributed by atoms with Crippen molar-refractivity contribution in [1.82, 2.24) is 15.4 Å². The van der Waals surface area contributed by atoms with Crippen LogP contribution in [0.1, 0.15) is 26.5 Å². The average molecular weight is 331 g/mol. The van der Waals surface area contributed by atoms with Gasteiger partial charge in [0.05, 0.1) is 18.6 Å². The summed E-state index contributed by atoms with van der Waals surface area (Å²) in [6.45, 7) is 8.72. The summed E-state index contributed by atoms with van der Waals surface area (Å²) >= 11 is 0. The van der Waals surface area contributed by atoms with E-state index in [2.05, 4.69) is 36.1 Å². The number of carbonyl (C=O) groups excluding carboxylic acids is 1. The van der Waals surface area contributed by atoms with Gasteiger partial charge in [-0.15, -0.1) is 0 Å². The predicted octanol–water partition coefficient (Wildman–Crippen LogP) is 1.98. The number of amides is 1. The molecule has 0 saturated carbocycles. The Kier molecular flexibility index (Phi) is 5.16. The highest BCUT2D eigenvalue weighted by atomic mass is 16.5. The second-order valence-electron chi connectivity index (χ2n) is 6.67. The highest BCUT2D eigenvalue weighted by Crippen LogP contribution is 2.18. The lowest BCUT2D eigenvalue weighted by Crippen LogP contribution is -2.52. The van der Waals surface area contributed by atoms with E-state index < -0.39 is 0 Å². The third-order valence-electron chi connectivity index (χ3n) is 4.45.